The Hall–Kier alpha value is -2.04. The molecular weight excluding hydrogens is 246 g/mol. The average molecular weight is 265 g/mol. The van der Waals surface area contributed by atoms with Crippen LogP contribution in [0.3, 0.4) is 0 Å². The van der Waals surface area contributed by atoms with Crippen LogP contribution in [0.4, 0.5) is 0 Å². The molecular formula is C14H19NO4. The molecule has 0 aromatic heterocycles. The molecule has 0 heterocycles. The first kappa shape index (κ1) is 15.0. The lowest BCUT2D eigenvalue weighted by Gasteiger charge is -2.14. The Kier molecular flexibility index (Phi) is 5.36. The summed E-state index contributed by atoms with van der Waals surface area (Å²) in [6.45, 7) is 5.49. The highest BCUT2D eigenvalue weighted by Gasteiger charge is 2.14. The third kappa shape index (κ3) is 4.99. The molecule has 2 N–H and O–H groups in total. The van der Waals surface area contributed by atoms with Crippen molar-refractivity contribution in [1.29, 1.82) is 0 Å². The first-order valence-electron chi connectivity index (χ1n) is 6.09. The lowest BCUT2D eigenvalue weighted by Crippen LogP contribution is -2.35. The molecule has 0 fully saturated rings. The molecule has 0 aliphatic carbocycles. The summed E-state index contributed by atoms with van der Waals surface area (Å²) in [6.07, 6.45) is 0. The number of carboxylic acids is 1. The number of carboxylic acid groups (broad SMARTS) is 1. The van der Waals surface area contributed by atoms with Crippen molar-refractivity contribution in [1.82, 2.24) is 5.32 Å². The van der Waals surface area contributed by atoms with E-state index in [1.165, 1.54) is 0 Å². The first-order chi connectivity index (χ1) is 8.90. The molecule has 0 saturated carbocycles. The third-order valence-electron chi connectivity index (χ3n) is 2.68. The average Bonchev–Trinajstić information content (AvgIpc) is 2.34. The van der Waals surface area contributed by atoms with Gasteiger partial charge in [-0.05, 0) is 25.5 Å². The Morgan fingerprint density at radius 1 is 1.37 bits per heavy atom. The highest BCUT2D eigenvalue weighted by Crippen LogP contribution is 2.19. The maximum absolute atomic E-state index is 11.6. The van der Waals surface area contributed by atoms with Gasteiger partial charge < -0.3 is 15.2 Å². The second kappa shape index (κ2) is 6.78. The molecule has 0 radical (unpaired) electrons. The molecule has 104 valence electrons. The van der Waals surface area contributed by atoms with Crippen LogP contribution in [0, 0.1) is 19.8 Å². The Balaban J connectivity index is 2.47. The van der Waals surface area contributed by atoms with E-state index in [1.807, 2.05) is 32.0 Å². The molecule has 0 spiro atoms. The summed E-state index contributed by atoms with van der Waals surface area (Å²) in [6, 6.07) is 5.81. The molecule has 1 aromatic carbocycles. The number of aryl methyl sites for hydroxylation is 2. The maximum atomic E-state index is 11.6. The molecule has 1 atom stereocenters. The number of rotatable bonds is 6. The number of benzene rings is 1. The Morgan fingerprint density at radius 2 is 2.05 bits per heavy atom. The highest BCUT2D eigenvalue weighted by atomic mass is 16.5. The number of hydrogen-bond acceptors (Lipinski definition) is 3. The van der Waals surface area contributed by atoms with Gasteiger partial charge in [-0.2, -0.15) is 0 Å². The maximum Gasteiger partial charge on any atom is 0.322 e. The lowest BCUT2D eigenvalue weighted by atomic mass is 10.1. The second-order valence-corrected chi connectivity index (χ2v) is 4.59. The van der Waals surface area contributed by atoms with Gasteiger partial charge in [0.05, 0.1) is 12.5 Å². The molecule has 0 bridgehead atoms. The summed E-state index contributed by atoms with van der Waals surface area (Å²) in [5, 5.41) is 10.8. The largest absolute Gasteiger partial charge is 0.493 e. The van der Waals surface area contributed by atoms with E-state index in [-0.39, 0.29) is 19.1 Å². The highest BCUT2D eigenvalue weighted by molar-refractivity contribution is 5.82. The zero-order valence-electron chi connectivity index (χ0n) is 11.4. The fourth-order valence-electron chi connectivity index (χ4n) is 1.59. The van der Waals surface area contributed by atoms with Crippen molar-refractivity contribution < 1.29 is 19.4 Å². The first-order valence-corrected chi connectivity index (χ1v) is 6.09. The number of nitrogens with one attached hydrogen (secondary N) is 1. The number of hydrogen-bond donors (Lipinski definition) is 2. The van der Waals surface area contributed by atoms with Crippen molar-refractivity contribution in [2.45, 2.75) is 20.8 Å². The molecule has 0 saturated heterocycles. The second-order valence-electron chi connectivity index (χ2n) is 4.59. The molecule has 0 aliphatic heterocycles. The van der Waals surface area contributed by atoms with Crippen molar-refractivity contribution in [3.8, 4) is 5.75 Å². The molecule has 1 rings (SSSR count). The smallest absolute Gasteiger partial charge is 0.322 e. The fraction of sp³-hybridized carbons (Fsp3) is 0.429. The van der Waals surface area contributed by atoms with E-state index < -0.39 is 11.9 Å². The van der Waals surface area contributed by atoms with Gasteiger partial charge in [0.2, 0.25) is 5.91 Å². The van der Waals surface area contributed by atoms with Crippen molar-refractivity contribution in [3.63, 3.8) is 0 Å². The SMILES string of the molecule is Cc1ccc(OCC(C)C(=O)NCC(=O)O)c(C)c1. The van der Waals surface area contributed by atoms with Crippen LogP contribution >= 0.6 is 0 Å². The van der Waals surface area contributed by atoms with Crippen LogP contribution in [0.2, 0.25) is 0 Å². The van der Waals surface area contributed by atoms with Crippen LogP contribution < -0.4 is 10.1 Å². The summed E-state index contributed by atoms with van der Waals surface area (Å²) in [4.78, 5) is 21.9. The Labute approximate surface area is 112 Å². The van der Waals surface area contributed by atoms with Gasteiger partial charge >= 0.3 is 5.97 Å². The molecule has 1 unspecified atom stereocenters. The van der Waals surface area contributed by atoms with E-state index in [4.69, 9.17) is 9.84 Å². The Bertz CT molecular complexity index is 471. The summed E-state index contributed by atoms with van der Waals surface area (Å²) in [5.41, 5.74) is 2.16. The minimum atomic E-state index is -1.06. The van der Waals surface area contributed by atoms with Gasteiger partial charge in [0.1, 0.15) is 12.3 Å². The van der Waals surface area contributed by atoms with E-state index in [0.717, 1.165) is 16.9 Å². The van der Waals surface area contributed by atoms with Crippen LogP contribution in [0.1, 0.15) is 18.1 Å². The quantitative estimate of drug-likeness (QED) is 0.817. The van der Waals surface area contributed by atoms with Gasteiger partial charge in [0.25, 0.3) is 0 Å². The van der Waals surface area contributed by atoms with Gasteiger partial charge in [-0.1, -0.05) is 24.6 Å². The molecule has 1 amide bonds. The third-order valence-corrected chi connectivity index (χ3v) is 2.68. The van der Waals surface area contributed by atoms with Crippen LogP contribution in [0.25, 0.3) is 0 Å². The van der Waals surface area contributed by atoms with E-state index in [9.17, 15) is 9.59 Å². The van der Waals surface area contributed by atoms with E-state index in [1.54, 1.807) is 6.92 Å². The minimum absolute atomic E-state index is 0.218. The number of carbonyl (C=O) groups is 2. The number of amides is 1. The predicted molar refractivity (Wildman–Crippen MR) is 71.2 cm³/mol. The molecule has 0 aliphatic rings. The summed E-state index contributed by atoms with van der Waals surface area (Å²) in [5.74, 6) is -1.05. The van der Waals surface area contributed by atoms with Gasteiger partial charge in [0.15, 0.2) is 0 Å². The van der Waals surface area contributed by atoms with E-state index >= 15 is 0 Å². The van der Waals surface area contributed by atoms with Crippen molar-refractivity contribution in [2.75, 3.05) is 13.2 Å². The topological polar surface area (TPSA) is 75.6 Å². The number of ether oxygens (including phenoxy) is 1. The Morgan fingerprint density at radius 3 is 2.63 bits per heavy atom. The van der Waals surface area contributed by atoms with Gasteiger partial charge in [-0.15, -0.1) is 0 Å². The van der Waals surface area contributed by atoms with E-state index in [2.05, 4.69) is 5.32 Å². The summed E-state index contributed by atoms with van der Waals surface area (Å²) < 4.78 is 5.57. The van der Waals surface area contributed by atoms with Crippen molar-refractivity contribution in [2.24, 2.45) is 5.92 Å². The van der Waals surface area contributed by atoms with E-state index in [0.29, 0.717) is 0 Å². The zero-order chi connectivity index (χ0) is 14.4. The van der Waals surface area contributed by atoms with Gasteiger partial charge in [-0.25, -0.2) is 0 Å². The zero-order valence-corrected chi connectivity index (χ0v) is 11.4. The van der Waals surface area contributed by atoms with Crippen LogP contribution in [-0.4, -0.2) is 30.1 Å². The predicted octanol–water partition coefficient (Wildman–Crippen LogP) is 1.52. The summed E-state index contributed by atoms with van der Waals surface area (Å²) in [7, 11) is 0. The standard InChI is InChI=1S/C14H19NO4/c1-9-4-5-12(10(2)6-9)19-8-11(3)14(18)15-7-13(16)17/h4-6,11H,7-8H2,1-3H3,(H,15,18)(H,16,17). The summed E-state index contributed by atoms with van der Waals surface area (Å²) >= 11 is 0. The fourth-order valence-corrected chi connectivity index (χ4v) is 1.59. The molecule has 1 aromatic rings. The molecule has 5 heteroatoms. The number of carbonyl (C=O) groups excluding carboxylic acids is 1. The van der Waals surface area contributed by atoms with Crippen LogP contribution in [0.5, 0.6) is 5.75 Å². The number of aliphatic carboxylic acids is 1. The van der Waals surface area contributed by atoms with Crippen LogP contribution in [-0.2, 0) is 9.59 Å². The monoisotopic (exact) mass is 265 g/mol. The normalized spacial score (nSPS) is 11.7. The molecule has 5 nitrogen and oxygen atoms in total. The van der Waals surface area contributed by atoms with Gasteiger partial charge in [-0.3, -0.25) is 9.59 Å². The van der Waals surface area contributed by atoms with Crippen molar-refractivity contribution >= 4 is 11.9 Å². The van der Waals surface area contributed by atoms with Gasteiger partial charge in [0, 0.05) is 0 Å². The lowest BCUT2D eigenvalue weighted by molar-refractivity contribution is -0.138. The van der Waals surface area contributed by atoms with Crippen LogP contribution in [0.15, 0.2) is 18.2 Å². The van der Waals surface area contributed by atoms with Crippen molar-refractivity contribution in [3.05, 3.63) is 29.3 Å². The molecule has 19 heavy (non-hydrogen) atoms. The minimum Gasteiger partial charge on any atom is -0.493 e.